The van der Waals surface area contributed by atoms with Crippen molar-refractivity contribution in [2.24, 2.45) is 4.99 Å². The van der Waals surface area contributed by atoms with Gasteiger partial charge in [-0.25, -0.2) is 13.4 Å². The largest absolute Gasteiger partial charge is 0.357 e. The fraction of sp³-hybridized carbons (Fsp3) is 0.500. The Bertz CT molecular complexity index is 725. The molecule has 1 aromatic carbocycles. The average Bonchev–Trinajstić information content (AvgIpc) is 2.64. The quantitative estimate of drug-likeness (QED) is 0.418. The Morgan fingerprint density at radius 3 is 2.58 bits per heavy atom. The number of hydrogen-bond donors (Lipinski definition) is 2. The molecule has 26 heavy (non-hydrogen) atoms. The third kappa shape index (κ3) is 5.30. The molecule has 144 valence electrons. The third-order valence-electron chi connectivity index (χ3n) is 4.22. The molecule has 1 fully saturated rings. The standard InChI is InChI=1S/C18H29N5O2S/c1-4-10-20-18(19-5-2)21-15-16-8-6-7-9-17(16)26(24,25)23-13-11-22(3)12-14-23/h4,6-9H,1,5,10-15H2,2-3H3,(H2,19,20,21). The van der Waals surface area contributed by atoms with E-state index in [1.54, 1.807) is 22.5 Å². The second-order valence-corrected chi connectivity index (χ2v) is 8.09. The van der Waals surface area contributed by atoms with E-state index in [0.29, 0.717) is 36.1 Å². The first-order chi connectivity index (χ1) is 12.5. The molecule has 0 amide bonds. The van der Waals surface area contributed by atoms with Gasteiger partial charge in [-0.05, 0) is 25.6 Å². The maximum Gasteiger partial charge on any atom is 0.243 e. The molecule has 0 aliphatic carbocycles. The van der Waals surface area contributed by atoms with E-state index in [1.807, 2.05) is 26.1 Å². The molecule has 0 radical (unpaired) electrons. The number of aliphatic imine (C=N–C) groups is 1. The molecule has 0 aromatic heterocycles. The van der Waals surface area contributed by atoms with Crippen molar-refractivity contribution in [3.8, 4) is 0 Å². The van der Waals surface area contributed by atoms with Crippen LogP contribution in [0.4, 0.5) is 0 Å². The van der Waals surface area contributed by atoms with Crippen LogP contribution in [-0.2, 0) is 16.6 Å². The summed E-state index contributed by atoms with van der Waals surface area (Å²) in [7, 11) is -1.51. The molecule has 2 rings (SSSR count). The molecule has 1 saturated heterocycles. The Labute approximate surface area is 156 Å². The zero-order valence-corrected chi connectivity index (χ0v) is 16.4. The molecule has 1 aromatic rings. The lowest BCUT2D eigenvalue weighted by Crippen LogP contribution is -2.47. The van der Waals surface area contributed by atoms with Crippen molar-refractivity contribution < 1.29 is 8.42 Å². The first-order valence-electron chi connectivity index (χ1n) is 8.88. The average molecular weight is 380 g/mol. The van der Waals surface area contributed by atoms with Gasteiger partial charge in [0.1, 0.15) is 0 Å². The first-order valence-corrected chi connectivity index (χ1v) is 10.3. The molecular formula is C18H29N5O2S. The van der Waals surface area contributed by atoms with Gasteiger partial charge in [-0.2, -0.15) is 4.31 Å². The Morgan fingerprint density at radius 1 is 1.23 bits per heavy atom. The van der Waals surface area contributed by atoms with Crippen LogP contribution >= 0.6 is 0 Å². The van der Waals surface area contributed by atoms with Gasteiger partial charge in [0.2, 0.25) is 10.0 Å². The van der Waals surface area contributed by atoms with Crippen LogP contribution in [0.15, 0.2) is 46.8 Å². The number of nitrogens with zero attached hydrogens (tertiary/aromatic N) is 3. The van der Waals surface area contributed by atoms with Crippen molar-refractivity contribution in [1.82, 2.24) is 19.8 Å². The highest BCUT2D eigenvalue weighted by molar-refractivity contribution is 7.89. The van der Waals surface area contributed by atoms with Crippen LogP contribution in [0.3, 0.4) is 0 Å². The molecule has 1 heterocycles. The van der Waals surface area contributed by atoms with Crippen LogP contribution in [0.5, 0.6) is 0 Å². The zero-order chi connectivity index (χ0) is 19.0. The number of hydrogen-bond acceptors (Lipinski definition) is 4. The van der Waals surface area contributed by atoms with Gasteiger partial charge in [-0.3, -0.25) is 0 Å². The highest BCUT2D eigenvalue weighted by Crippen LogP contribution is 2.22. The van der Waals surface area contributed by atoms with E-state index in [-0.39, 0.29) is 6.54 Å². The summed E-state index contributed by atoms with van der Waals surface area (Å²) in [5.74, 6) is 0.638. The lowest BCUT2D eigenvalue weighted by atomic mass is 10.2. The number of likely N-dealkylation sites (N-methyl/N-ethyl adjacent to an activating group) is 1. The lowest BCUT2D eigenvalue weighted by Gasteiger charge is -2.32. The second kappa shape index (κ2) is 9.70. The maximum atomic E-state index is 13.1. The van der Waals surface area contributed by atoms with E-state index < -0.39 is 10.0 Å². The maximum absolute atomic E-state index is 13.1. The summed E-state index contributed by atoms with van der Waals surface area (Å²) in [5, 5.41) is 6.26. The minimum absolute atomic E-state index is 0.287. The molecule has 1 aliphatic rings. The van der Waals surface area contributed by atoms with E-state index in [4.69, 9.17) is 0 Å². The Kier molecular flexibility index (Phi) is 7.62. The van der Waals surface area contributed by atoms with E-state index in [0.717, 1.165) is 19.6 Å². The molecule has 1 aliphatic heterocycles. The summed E-state index contributed by atoms with van der Waals surface area (Å²) in [4.78, 5) is 6.98. The Morgan fingerprint density at radius 2 is 1.92 bits per heavy atom. The highest BCUT2D eigenvalue weighted by Gasteiger charge is 2.29. The summed E-state index contributed by atoms with van der Waals surface area (Å²) in [6.07, 6.45) is 1.75. The predicted octanol–water partition coefficient (Wildman–Crippen LogP) is 0.864. The molecule has 7 nitrogen and oxygen atoms in total. The van der Waals surface area contributed by atoms with Gasteiger partial charge in [0.15, 0.2) is 5.96 Å². The van der Waals surface area contributed by atoms with Crippen LogP contribution in [0.25, 0.3) is 0 Å². The van der Waals surface area contributed by atoms with Crippen LogP contribution in [-0.4, -0.2) is 69.9 Å². The van der Waals surface area contributed by atoms with E-state index in [2.05, 4.69) is 27.1 Å². The molecular weight excluding hydrogens is 350 g/mol. The van der Waals surface area contributed by atoms with Crippen LogP contribution in [0.2, 0.25) is 0 Å². The van der Waals surface area contributed by atoms with Crippen molar-refractivity contribution in [1.29, 1.82) is 0 Å². The van der Waals surface area contributed by atoms with Crippen molar-refractivity contribution >= 4 is 16.0 Å². The number of sulfonamides is 1. The molecule has 8 heteroatoms. The van der Waals surface area contributed by atoms with Crippen LogP contribution < -0.4 is 10.6 Å². The Hall–Kier alpha value is -1.90. The minimum Gasteiger partial charge on any atom is -0.357 e. The Balaban J connectivity index is 2.22. The fourth-order valence-corrected chi connectivity index (χ4v) is 4.37. The number of nitrogens with one attached hydrogen (secondary N) is 2. The molecule has 0 saturated carbocycles. The predicted molar refractivity (Wildman–Crippen MR) is 106 cm³/mol. The minimum atomic E-state index is -3.51. The van der Waals surface area contributed by atoms with E-state index >= 15 is 0 Å². The SMILES string of the molecule is C=CCNC(=NCc1ccccc1S(=O)(=O)N1CCN(C)CC1)NCC. The van der Waals surface area contributed by atoms with Crippen LogP contribution in [0, 0.1) is 0 Å². The summed E-state index contributed by atoms with van der Waals surface area (Å²) >= 11 is 0. The van der Waals surface area contributed by atoms with Crippen molar-refractivity contribution in [3.05, 3.63) is 42.5 Å². The number of rotatable bonds is 7. The first kappa shape index (κ1) is 20.4. The summed E-state index contributed by atoms with van der Waals surface area (Å²) in [5.41, 5.74) is 0.697. The zero-order valence-electron chi connectivity index (χ0n) is 15.6. The van der Waals surface area contributed by atoms with E-state index in [9.17, 15) is 8.42 Å². The number of benzene rings is 1. The highest BCUT2D eigenvalue weighted by atomic mass is 32.2. The van der Waals surface area contributed by atoms with Crippen molar-refractivity contribution in [3.63, 3.8) is 0 Å². The van der Waals surface area contributed by atoms with Crippen LogP contribution in [0.1, 0.15) is 12.5 Å². The van der Waals surface area contributed by atoms with Crippen molar-refractivity contribution in [2.45, 2.75) is 18.4 Å². The molecule has 0 bridgehead atoms. The fourth-order valence-electron chi connectivity index (χ4n) is 2.73. The van der Waals surface area contributed by atoms with E-state index in [1.165, 1.54) is 0 Å². The second-order valence-electron chi connectivity index (χ2n) is 6.18. The molecule has 0 spiro atoms. The topological polar surface area (TPSA) is 77.0 Å². The lowest BCUT2D eigenvalue weighted by molar-refractivity contribution is 0.222. The van der Waals surface area contributed by atoms with Gasteiger partial charge >= 0.3 is 0 Å². The summed E-state index contributed by atoms with van der Waals surface area (Å²) in [6, 6.07) is 7.10. The van der Waals surface area contributed by atoms with Gasteiger partial charge in [-0.15, -0.1) is 6.58 Å². The number of piperazine rings is 1. The molecule has 0 unspecified atom stereocenters. The third-order valence-corrected chi connectivity index (χ3v) is 6.22. The monoisotopic (exact) mass is 379 g/mol. The molecule has 0 atom stereocenters. The number of guanidine groups is 1. The smallest absolute Gasteiger partial charge is 0.243 e. The van der Waals surface area contributed by atoms with Gasteiger partial charge in [0.25, 0.3) is 0 Å². The molecule has 2 N–H and O–H groups in total. The summed E-state index contributed by atoms with van der Waals surface area (Å²) in [6.45, 7) is 9.79. The van der Waals surface area contributed by atoms with Gasteiger partial charge in [0, 0.05) is 39.3 Å². The van der Waals surface area contributed by atoms with Gasteiger partial charge in [0.05, 0.1) is 11.4 Å². The van der Waals surface area contributed by atoms with Gasteiger partial charge in [-0.1, -0.05) is 24.3 Å². The summed E-state index contributed by atoms with van der Waals surface area (Å²) < 4.78 is 27.7. The van der Waals surface area contributed by atoms with Gasteiger partial charge < -0.3 is 15.5 Å². The van der Waals surface area contributed by atoms with Crippen molar-refractivity contribution in [2.75, 3.05) is 46.3 Å². The normalized spacial score (nSPS) is 17.1.